The number of benzene rings is 2. The normalized spacial score (nSPS) is 11.9. The number of guanidine groups is 1. The summed E-state index contributed by atoms with van der Waals surface area (Å²) >= 11 is 5.37. The maximum absolute atomic E-state index is 12.6. The molecule has 0 fully saturated rings. The number of ether oxygens (including phenoxy) is 1. The molecule has 37 heavy (non-hydrogen) atoms. The molecule has 0 aliphatic carbocycles. The fourth-order valence-electron chi connectivity index (χ4n) is 3.67. The van der Waals surface area contributed by atoms with E-state index >= 15 is 0 Å². The Balaban J connectivity index is 1.48. The van der Waals surface area contributed by atoms with E-state index in [1.54, 1.807) is 6.07 Å². The molecule has 2 heterocycles. The third-order valence-electron chi connectivity index (χ3n) is 5.10. The van der Waals surface area contributed by atoms with Crippen molar-refractivity contribution in [3.8, 4) is 5.75 Å². The first-order valence-corrected chi connectivity index (χ1v) is 11.7. The Labute approximate surface area is 216 Å². The molecule has 0 aliphatic rings. The Morgan fingerprint density at radius 1 is 1.03 bits per heavy atom. The number of thiocarbonyl (C=S) groups is 1. The zero-order valence-electron chi connectivity index (χ0n) is 20.0. The molecule has 12 heteroatoms. The van der Waals surface area contributed by atoms with Crippen molar-refractivity contribution in [1.82, 2.24) is 20.3 Å². The van der Waals surface area contributed by atoms with Crippen LogP contribution in [0.15, 0.2) is 65.8 Å². The first kappa shape index (κ1) is 25.9. The van der Waals surface area contributed by atoms with Gasteiger partial charge in [0.05, 0.1) is 0 Å². The summed E-state index contributed by atoms with van der Waals surface area (Å²) in [6.07, 6.45) is -2.19. The van der Waals surface area contributed by atoms with Gasteiger partial charge < -0.3 is 20.4 Å². The first-order chi connectivity index (χ1) is 17.6. The van der Waals surface area contributed by atoms with Crippen LogP contribution in [-0.2, 0) is 6.42 Å². The van der Waals surface area contributed by atoms with Gasteiger partial charge in [-0.3, -0.25) is 10.3 Å². The average Bonchev–Trinajstić information content (AvgIpc) is 3.20. The number of hydrogen-bond acceptors (Lipinski definition) is 5. The van der Waals surface area contributed by atoms with Gasteiger partial charge in [-0.15, -0.1) is 13.2 Å². The number of nitrogens with zero attached hydrogens (tertiary/aromatic N) is 3. The molecule has 4 rings (SSSR count). The lowest BCUT2D eigenvalue weighted by molar-refractivity contribution is -0.274. The fraction of sp³-hybridized carbons (Fsp3) is 0.200. The molecule has 0 unspecified atom stereocenters. The maximum Gasteiger partial charge on any atom is 0.573 e. The van der Waals surface area contributed by atoms with Crippen LogP contribution >= 0.6 is 12.2 Å². The number of aryl methyl sites for hydroxylation is 2. The third-order valence-corrected chi connectivity index (χ3v) is 5.30. The SMILES string of the molecule is Cc1cc(C)nc(NC(=NCCc2c[nH]c3ccccc23)NC(=S)Nc2cccc(OC(F)(F)F)c2)n1. The second-order valence-corrected chi connectivity index (χ2v) is 8.50. The number of hydrogen-bond donors (Lipinski definition) is 4. The first-order valence-electron chi connectivity index (χ1n) is 11.3. The summed E-state index contributed by atoms with van der Waals surface area (Å²) in [6, 6.07) is 15.2. The molecule has 0 aliphatic heterocycles. The van der Waals surface area contributed by atoms with E-state index in [0.717, 1.165) is 27.9 Å². The molecule has 2 aromatic heterocycles. The van der Waals surface area contributed by atoms with Crippen LogP contribution in [0.3, 0.4) is 0 Å². The van der Waals surface area contributed by atoms with E-state index < -0.39 is 6.36 Å². The van der Waals surface area contributed by atoms with Gasteiger partial charge in [-0.2, -0.15) is 0 Å². The number of para-hydroxylation sites is 1. The molecule has 0 saturated carbocycles. The van der Waals surface area contributed by atoms with Crippen molar-refractivity contribution in [2.45, 2.75) is 26.6 Å². The van der Waals surface area contributed by atoms with E-state index in [0.29, 0.717) is 24.6 Å². The van der Waals surface area contributed by atoms with E-state index in [1.807, 2.05) is 50.4 Å². The van der Waals surface area contributed by atoms with Crippen molar-refractivity contribution in [1.29, 1.82) is 0 Å². The third kappa shape index (κ3) is 7.64. The quantitative estimate of drug-likeness (QED) is 0.150. The summed E-state index contributed by atoms with van der Waals surface area (Å²) < 4.78 is 41.6. The van der Waals surface area contributed by atoms with E-state index in [4.69, 9.17) is 12.2 Å². The number of halogens is 3. The van der Waals surface area contributed by atoms with Crippen LogP contribution in [0.1, 0.15) is 17.0 Å². The van der Waals surface area contributed by atoms with Gasteiger partial charge in [-0.25, -0.2) is 9.97 Å². The number of alkyl halides is 3. The lowest BCUT2D eigenvalue weighted by Crippen LogP contribution is -2.39. The largest absolute Gasteiger partial charge is 0.573 e. The number of nitrogens with one attached hydrogen (secondary N) is 4. The number of aliphatic imine (C=N–C) groups is 1. The van der Waals surface area contributed by atoms with E-state index in [-0.39, 0.29) is 16.8 Å². The van der Waals surface area contributed by atoms with Crippen LogP contribution < -0.4 is 20.7 Å². The van der Waals surface area contributed by atoms with Crippen LogP contribution in [0, 0.1) is 13.8 Å². The lowest BCUT2D eigenvalue weighted by Gasteiger charge is -2.15. The molecule has 2 aromatic carbocycles. The second kappa shape index (κ2) is 11.2. The number of rotatable bonds is 6. The zero-order chi connectivity index (χ0) is 26.4. The van der Waals surface area contributed by atoms with E-state index in [9.17, 15) is 13.2 Å². The summed E-state index contributed by atoms with van der Waals surface area (Å²) in [5.41, 5.74) is 4.01. The van der Waals surface area contributed by atoms with E-state index in [1.165, 1.54) is 18.2 Å². The number of aromatic amines is 1. The van der Waals surface area contributed by atoms with Crippen molar-refractivity contribution in [2.24, 2.45) is 4.99 Å². The lowest BCUT2D eigenvalue weighted by atomic mass is 10.1. The number of anilines is 2. The molecule has 4 N–H and O–H groups in total. The fourth-order valence-corrected chi connectivity index (χ4v) is 3.88. The molecule has 0 saturated heterocycles. The molecule has 8 nitrogen and oxygen atoms in total. The van der Waals surface area contributed by atoms with Crippen LogP contribution in [-0.4, -0.2) is 38.9 Å². The van der Waals surface area contributed by atoms with Crippen LogP contribution in [0.2, 0.25) is 0 Å². The number of fused-ring (bicyclic) bond motifs is 1. The van der Waals surface area contributed by atoms with Crippen LogP contribution in [0.25, 0.3) is 10.9 Å². The standard InChI is InChI=1S/C25H24F3N7OS/c1-15-12-16(2)32-23(31-15)34-22(29-11-10-17-14-30-21-9-4-3-8-20(17)21)35-24(37)33-18-6-5-7-19(13-18)36-25(26,27)28/h3-9,12-14,30H,10-11H2,1-2H3,(H3,29,31,32,33,34,35,37). The van der Waals surface area contributed by atoms with Gasteiger partial charge in [-0.1, -0.05) is 24.3 Å². The summed E-state index contributed by atoms with van der Waals surface area (Å²) in [4.78, 5) is 16.6. The molecular weight excluding hydrogens is 503 g/mol. The minimum Gasteiger partial charge on any atom is -0.406 e. The van der Waals surface area contributed by atoms with Gasteiger partial charge in [0.15, 0.2) is 5.11 Å². The van der Waals surface area contributed by atoms with Gasteiger partial charge in [-0.05, 0) is 62.3 Å². The maximum atomic E-state index is 12.6. The summed E-state index contributed by atoms with van der Waals surface area (Å²) in [7, 11) is 0. The Morgan fingerprint density at radius 2 is 1.78 bits per heavy atom. The number of H-pyrrole nitrogens is 1. The highest BCUT2D eigenvalue weighted by atomic mass is 32.1. The predicted octanol–water partition coefficient (Wildman–Crippen LogP) is 5.47. The Bertz CT molecular complexity index is 1420. The van der Waals surface area contributed by atoms with Gasteiger partial charge in [0, 0.05) is 46.8 Å². The highest BCUT2D eigenvalue weighted by molar-refractivity contribution is 7.80. The van der Waals surface area contributed by atoms with Crippen molar-refractivity contribution in [3.63, 3.8) is 0 Å². The monoisotopic (exact) mass is 527 g/mol. The van der Waals surface area contributed by atoms with Crippen molar-refractivity contribution < 1.29 is 17.9 Å². The molecule has 4 aromatic rings. The van der Waals surface area contributed by atoms with E-state index in [2.05, 4.69) is 40.6 Å². The van der Waals surface area contributed by atoms with Gasteiger partial charge in [0.25, 0.3) is 0 Å². The van der Waals surface area contributed by atoms with Crippen molar-refractivity contribution in [2.75, 3.05) is 17.2 Å². The van der Waals surface area contributed by atoms with Crippen molar-refractivity contribution >= 4 is 45.8 Å². The average molecular weight is 528 g/mol. The Kier molecular flexibility index (Phi) is 7.87. The molecule has 0 atom stereocenters. The molecule has 0 radical (unpaired) electrons. The number of aromatic nitrogens is 3. The van der Waals surface area contributed by atoms with Gasteiger partial charge in [0.2, 0.25) is 11.9 Å². The molecule has 0 amide bonds. The minimum absolute atomic E-state index is 0.104. The topological polar surface area (TPSA) is 99.2 Å². The highest BCUT2D eigenvalue weighted by Gasteiger charge is 2.31. The molecule has 192 valence electrons. The zero-order valence-corrected chi connectivity index (χ0v) is 20.8. The summed E-state index contributed by atoms with van der Waals surface area (Å²) in [6.45, 7) is 4.12. The second-order valence-electron chi connectivity index (χ2n) is 8.09. The van der Waals surface area contributed by atoms with Crippen LogP contribution in [0.4, 0.5) is 24.8 Å². The molecule has 0 bridgehead atoms. The Hall–Kier alpha value is -4.19. The summed E-state index contributed by atoms with van der Waals surface area (Å²) in [5, 5.41) is 10.1. The van der Waals surface area contributed by atoms with Gasteiger partial charge in [0.1, 0.15) is 5.75 Å². The predicted molar refractivity (Wildman–Crippen MR) is 142 cm³/mol. The smallest absolute Gasteiger partial charge is 0.406 e. The van der Waals surface area contributed by atoms with Gasteiger partial charge >= 0.3 is 6.36 Å². The van der Waals surface area contributed by atoms with Crippen LogP contribution in [0.5, 0.6) is 5.75 Å². The molecule has 0 spiro atoms. The highest BCUT2D eigenvalue weighted by Crippen LogP contribution is 2.25. The minimum atomic E-state index is -4.79. The molecular formula is C25H24F3N7OS. The van der Waals surface area contributed by atoms with Crippen molar-refractivity contribution in [3.05, 3.63) is 77.7 Å². The summed E-state index contributed by atoms with van der Waals surface area (Å²) in [5.74, 6) is 0.249. The Morgan fingerprint density at radius 3 is 2.54 bits per heavy atom.